The molecular formula is C12H16N2O2S2. The van der Waals surface area contributed by atoms with Crippen LogP contribution in [0.2, 0.25) is 0 Å². The van der Waals surface area contributed by atoms with Gasteiger partial charge in [-0.15, -0.1) is 4.40 Å². The first kappa shape index (κ1) is 13.4. The Balaban J connectivity index is 2.60. The minimum Gasteiger partial charge on any atom is -0.333 e. The van der Waals surface area contributed by atoms with Gasteiger partial charge in [0.2, 0.25) is 0 Å². The average Bonchev–Trinajstić information content (AvgIpc) is 2.26. The molecule has 0 aromatic heterocycles. The second kappa shape index (κ2) is 4.28. The number of sulfonamides is 1. The third-order valence-corrected chi connectivity index (χ3v) is 4.78. The van der Waals surface area contributed by atoms with Crippen LogP contribution in [0.25, 0.3) is 0 Å². The number of amidine groups is 1. The lowest BCUT2D eigenvalue weighted by Crippen LogP contribution is -2.20. The van der Waals surface area contributed by atoms with Gasteiger partial charge in [0, 0.05) is 0 Å². The normalized spacial score (nSPS) is 17.7. The van der Waals surface area contributed by atoms with Gasteiger partial charge >= 0.3 is 0 Å². The van der Waals surface area contributed by atoms with Gasteiger partial charge in [-0.25, -0.2) is 0 Å². The van der Waals surface area contributed by atoms with E-state index in [1.165, 1.54) is 11.8 Å². The van der Waals surface area contributed by atoms with Crippen molar-refractivity contribution in [2.45, 2.75) is 31.1 Å². The molecule has 0 spiro atoms. The predicted octanol–water partition coefficient (Wildman–Crippen LogP) is 2.82. The molecule has 4 nitrogen and oxygen atoms in total. The van der Waals surface area contributed by atoms with Crippen molar-refractivity contribution in [2.24, 2.45) is 4.40 Å². The molecule has 0 aliphatic carbocycles. The molecule has 1 heterocycles. The number of nitrogens with one attached hydrogen (secondary N) is 1. The van der Waals surface area contributed by atoms with Crippen LogP contribution >= 0.6 is 11.8 Å². The molecule has 1 aromatic rings. The predicted molar refractivity (Wildman–Crippen MR) is 76.9 cm³/mol. The number of hydrogen-bond donors (Lipinski definition) is 1. The van der Waals surface area contributed by atoms with Crippen LogP contribution in [-0.4, -0.2) is 19.8 Å². The highest BCUT2D eigenvalue weighted by Gasteiger charge is 2.26. The Morgan fingerprint density at radius 1 is 1.28 bits per heavy atom. The van der Waals surface area contributed by atoms with E-state index in [2.05, 4.69) is 9.71 Å². The molecule has 0 radical (unpaired) electrons. The SMILES string of the molecule is CSC1=NS(=O)(=O)c2cc(C(C)(C)C)ccc2N1. The van der Waals surface area contributed by atoms with E-state index < -0.39 is 10.0 Å². The Labute approximate surface area is 112 Å². The summed E-state index contributed by atoms with van der Waals surface area (Å²) in [6.45, 7) is 6.15. The maximum atomic E-state index is 12.1. The number of anilines is 1. The molecule has 0 atom stereocenters. The Morgan fingerprint density at radius 2 is 1.94 bits per heavy atom. The Morgan fingerprint density at radius 3 is 2.50 bits per heavy atom. The van der Waals surface area contributed by atoms with E-state index in [4.69, 9.17) is 0 Å². The van der Waals surface area contributed by atoms with Crippen LogP contribution < -0.4 is 5.32 Å². The molecule has 2 rings (SSSR count). The third-order valence-electron chi connectivity index (χ3n) is 2.76. The van der Waals surface area contributed by atoms with E-state index in [0.29, 0.717) is 10.9 Å². The standard InChI is InChI=1S/C12H16N2O2S2/c1-12(2,3)8-5-6-9-10(7-8)18(15,16)14-11(13-9)17-4/h5-7H,1-4H3,(H,13,14). The molecule has 18 heavy (non-hydrogen) atoms. The van der Waals surface area contributed by atoms with E-state index in [-0.39, 0.29) is 10.3 Å². The number of fused-ring (bicyclic) bond motifs is 1. The molecule has 98 valence electrons. The molecule has 0 unspecified atom stereocenters. The maximum Gasteiger partial charge on any atom is 0.286 e. The summed E-state index contributed by atoms with van der Waals surface area (Å²) < 4.78 is 27.9. The average molecular weight is 284 g/mol. The van der Waals surface area contributed by atoms with E-state index in [9.17, 15) is 8.42 Å². The van der Waals surface area contributed by atoms with Gasteiger partial charge in [-0.1, -0.05) is 38.6 Å². The molecule has 1 N–H and O–H groups in total. The van der Waals surface area contributed by atoms with Gasteiger partial charge in [-0.3, -0.25) is 0 Å². The summed E-state index contributed by atoms with van der Waals surface area (Å²) in [6, 6.07) is 5.46. The summed E-state index contributed by atoms with van der Waals surface area (Å²) in [5.74, 6) is 0. The summed E-state index contributed by atoms with van der Waals surface area (Å²) in [5, 5.41) is 3.42. The fraction of sp³-hybridized carbons (Fsp3) is 0.417. The van der Waals surface area contributed by atoms with E-state index >= 15 is 0 Å². The van der Waals surface area contributed by atoms with Crippen molar-refractivity contribution >= 4 is 32.6 Å². The van der Waals surface area contributed by atoms with Gasteiger partial charge in [0.1, 0.15) is 4.90 Å². The molecule has 0 saturated heterocycles. The van der Waals surface area contributed by atoms with Gasteiger partial charge in [-0.2, -0.15) is 8.42 Å². The highest BCUT2D eigenvalue weighted by Crippen LogP contribution is 2.33. The van der Waals surface area contributed by atoms with Crippen molar-refractivity contribution in [3.8, 4) is 0 Å². The second-order valence-corrected chi connectivity index (χ2v) is 7.53. The molecule has 0 saturated carbocycles. The van der Waals surface area contributed by atoms with Crippen LogP contribution in [-0.2, 0) is 15.4 Å². The molecule has 0 fully saturated rings. The zero-order valence-electron chi connectivity index (χ0n) is 10.8. The van der Waals surface area contributed by atoms with Crippen molar-refractivity contribution in [1.29, 1.82) is 0 Å². The fourth-order valence-electron chi connectivity index (χ4n) is 1.69. The lowest BCUT2D eigenvalue weighted by Gasteiger charge is -2.23. The molecular weight excluding hydrogens is 268 g/mol. The summed E-state index contributed by atoms with van der Waals surface area (Å²) in [6.07, 6.45) is 1.79. The topological polar surface area (TPSA) is 58.5 Å². The smallest absolute Gasteiger partial charge is 0.286 e. The Kier molecular flexibility index (Phi) is 3.19. The van der Waals surface area contributed by atoms with E-state index in [1.54, 1.807) is 18.4 Å². The van der Waals surface area contributed by atoms with Crippen LogP contribution in [0.5, 0.6) is 0 Å². The summed E-state index contributed by atoms with van der Waals surface area (Å²) in [4.78, 5) is 0.257. The van der Waals surface area contributed by atoms with Crippen LogP contribution in [0.3, 0.4) is 0 Å². The molecule has 0 bridgehead atoms. The van der Waals surface area contributed by atoms with Crippen LogP contribution in [0.15, 0.2) is 27.5 Å². The van der Waals surface area contributed by atoms with E-state index in [0.717, 1.165) is 5.56 Å². The quantitative estimate of drug-likeness (QED) is 0.796. The van der Waals surface area contributed by atoms with Crippen molar-refractivity contribution in [2.75, 3.05) is 11.6 Å². The Hall–Kier alpha value is -1.01. The largest absolute Gasteiger partial charge is 0.333 e. The monoisotopic (exact) mass is 284 g/mol. The fourth-order valence-corrected chi connectivity index (χ4v) is 3.53. The molecule has 1 aliphatic rings. The third kappa shape index (κ3) is 2.40. The van der Waals surface area contributed by atoms with Crippen molar-refractivity contribution < 1.29 is 8.42 Å². The van der Waals surface area contributed by atoms with Gasteiger partial charge in [0.25, 0.3) is 10.0 Å². The van der Waals surface area contributed by atoms with Crippen LogP contribution in [0.4, 0.5) is 5.69 Å². The first-order chi connectivity index (χ1) is 8.24. The number of rotatable bonds is 0. The zero-order valence-corrected chi connectivity index (χ0v) is 12.4. The molecule has 6 heteroatoms. The minimum absolute atomic E-state index is 0.0892. The lowest BCUT2D eigenvalue weighted by molar-refractivity contribution is 0.584. The number of nitrogens with zero attached hydrogens (tertiary/aromatic N) is 1. The molecule has 0 amide bonds. The molecule has 1 aliphatic heterocycles. The van der Waals surface area contributed by atoms with Gasteiger partial charge in [0.05, 0.1) is 5.69 Å². The summed E-state index contributed by atoms with van der Waals surface area (Å²) >= 11 is 1.28. The van der Waals surface area contributed by atoms with Crippen molar-refractivity contribution in [1.82, 2.24) is 0 Å². The number of hydrogen-bond acceptors (Lipinski definition) is 4. The van der Waals surface area contributed by atoms with Crippen LogP contribution in [0, 0.1) is 0 Å². The first-order valence-corrected chi connectivity index (χ1v) is 8.21. The maximum absolute atomic E-state index is 12.1. The van der Waals surface area contributed by atoms with Gasteiger partial charge in [-0.05, 0) is 29.4 Å². The zero-order chi connectivity index (χ0) is 13.6. The highest BCUT2D eigenvalue weighted by molar-refractivity contribution is 8.14. The number of benzene rings is 1. The second-order valence-electron chi connectivity index (χ2n) is 5.16. The highest BCUT2D eigenvalue weighted by atomic mass is 32.2. The minimum atomic E-state index is -3.58. The Bertz CT molecular complexity index is 613. The van der Waals surface area contributed by atoms with Gasteiger partial charge in [0.15, 0.2) is 5.17 Å². The number of thioether (sulfide) groups is 1. The van der Waals surface area contributed by atoms with Gasteiger partial charge < -0.3 is 5.32 Å². The summed E-state index contributed by atoms with van der Waals surface area (Å²) in [5.41, 5.74) is 1.49. The summed E-state index contributed by atoms with van der Waals surface area (Å²) in [7, 11) is -3.58. The van der Waals surface area contributed by atoms with Crippen molar-refractivity contribution in [3.63, 3.8) is 0 Å². The first-order valence-electron chi connectivity index (χ1n) is 5.54. The lowest BCUT2D eigenvalue weighted by atomic mass is 9.87. The van der Waals surface area contributed by atoms with Crippen LogP contribution in [0.1, 0.15) is 26.3 Å². The van der Waals surface area contributed by atoms with Crippen molar-refractivity contribution in [3.05, 3.63) is 23.8 Å². The van der Waals surface area contributed by atoms with E-state index in [1.807, 2.05) is 26.8 Å². The molecule has 1 aromatic carbocycles.